The van der Waals surface area contributed by atoms with Gasteiger partial charge in [-0.05, 0) is 26.5 Å². The first-order valence-electron chi connectivity index (χ1n) is 6.43. The molecule has 1 aromatic rings. The van der Waals surface area contributed by atoms with Crippen molar-refractivity contribution in [3.05, 3.63) is 11.8 Å². The van der Waals surface area contributed by atoms with E-state index in [9.17, 15) is 0 Å². The molecule has 18 heavy (non-hydrogen) atoms. The normalized spacial score (nSPS) is 12.3. The number of aryl methyl sites for hydroxylation is 1. The lowest BCUT2D eigenvalue weighted by Crippen LogP contribution is -2.34. The van der Waals surface area contributed by atoms with Gasteiger partial charge in [-0.15, -0.1) is 0 Å². The molecule has 0 aliphatic heterocycles. The minimum absolute atomic E-state index is 0.517. The minimum atomic E-state index is 0.517. The number of rotatable bonds is 7. The highest BCUT2D eigenvalue weighted by Gasteiger charge is 2.16. The van der Waals surface area contributed by atoms with Gasteiger partial charge in [-0.2, -0.15) is 16.7 Å². The second kappa shape index (κ2) is 7.46. The molecule has 0 aliphatic carbocycles. The van der Waals surface area contributed by atoms with E-state index in [1.165, 1.54) is 0 Å². The molecule has 0 saturated carbocycles. The van der Waals surface area contributed by atoms with Crippen molar-refractivity contribution in [1.29, 1.82) is 0 Å². The fraction of sp³-hybridized carbons (Fsp3) is 0.692. The highest BCUT2D eigenvalue weighted by atomic mass is 32.2. The van der Waals surface area contributed by atoms with Crippen molar-refractivity contribution in [2.45, 2.75) is 33.2 Å². The lowest BCUT2D eigenvalue weighted by atomic mass is 10.2. The number of aromatic nitrogens is 2. The molecule has 0 fully saturated rings. The second-order valence-electron chi connectivity index (χ2n) is 4.36. The quantitative estimate of drug-likeness (QED) is 0.823. The number of hydrogen-bond donors (Lipinski definition) is 1. The summed E-state index contributed by atoms with van der Waals surface area (Å²) < 4.78 is 0. The van der Waals surface area contributed by atoms with Crippen LogP contribution in [0.3, 0.4) is 0 Å². The highest BCUT2D eigenvalue weighted by Crippen LogP contribution is 2.21. The number of nitrogens with one attached hydrogen (secondary N) is 1. The predicted molar refractivity (Wildman–Crippen MR) is 81.8 cm³/mol. The van der Waals surface area contributed by atoms with E-state index in [1.807, 2.05) is 18.0 Å². The summed E-state index contributed by atoms with van der Waals surface area (Å²) in [5.74, 6) is 2.86. The van der Waals surface area contributed by atoms with Crippen LogP contribution in [0.5, 0.6) is 0 Å². The monoisotopic (exact) mass is 268 g/mol. The van der Waals surface area contributed by atoms with Gasteiger partial charge in [0.2, 0.25) is 5.95 Å². The van der Waals surface area contributed by atoms with Crippen molar-refractivity contribution in [3.8, 4) is 0 Å². The molecule has 0 aliphatic rings. The summed E-state index contributed by atoms with van der Waals surface area (Å²) in [5, 5.41) is 3.16. The molecule has 0 amide bonds. The SMILES string of the molecule is CCNc1ncc(C)c(N(C)C(CC)CSC)n1. The summed E-state index contributed by atoms with van der Waals surface area (Å²) in [6, 6.07) is 0.517. The van der Waals surface area contributed by atoms with Gasteiger partial charge in [0.05, 0.1) is 0 Å². The smallest absolute Gasteiger partial charge is 0.224 e. The van der Waals surface area contributed by atoms with Crippen LogP contribution in [-0.4, -0.2) is 41.6 Å². The van der Waals surface area contributed by atoms with Gasteiger partial charge < -0.3 is 10.2 Å². The zero-order valence-electron chi connectivity index (χ0n) is 12.0. The standard InChI is InChI=1S/C13H24N4S/c1-6-11(9-18-5)17(4)12-10(3)8-15-13(16-12)14-7-2/h8,11H,6-7,9H2,1-5H3,(H,14,15,16). The number of nitrogens with zero attached hydrogens (tertiary/aromatic N) is 3. The van der Waals surface area contributed by atoms with Crippen LogP contribution in [-0.2, 0) is 0 Å². The molecule has 0 radical (unpaired) electrons. The molecule has 1 heterocycles. The Kier molecular flexibility index (Phi) is 6.25. The third-order valence-electron chi connectivity index (χ3n) is 2.99. The molecule has 4 nitrogen and oxygen atoms in total. The predicted octanol–water partition coefficient (Wildman–Crippen LogP) is 2.79. The highest BCUT2D eigenvalue weighted by molar-refractivity contribution is 7.98. The van der Waals surface area contributed by atoms with E-state index >= 15 is 0 Å². The van der Waals surface area contributed by atoms with E-state index in [0.29, 0.717) is 12.0 Å². The summed E-state index contributed by atoms with van der Waals surface area (Å²) in [4.78, 5) is 11.2. The van der Waals surface area contributed by atoms with Gasteiger partial charge in [0.1, 0.15) is 5.82 Å². The average molecular weight is 268 g/mol. The minimum Gasteiger partial charge on any atom is -0.355 e. The molecular weight excluding hydrogens is 244 g/mol. The van der Waals surface area contributed by atoms with Crippen LogP contribution in [0.25, 0.3) is 0 Å². The first-order valence-corrected chi connectivity index (χ1v) is 7.82. The van der Waals surface area contributed by atoms with Crippen molar-refractivity contribution in [1.82, 2.24) is 9.97 Å². The largest absolute Gasteiger partial charge is 0.355 e. The molecule has 0 saturated heterocycles. The molecule has 1 unspecified atom stereocenters. The molecule has 1 rings (SSSR count). The Hall–Kier alpha value is -0.970. The Labute approximate surface area is 115 Å². The van der Waals surface area contributed by atoms with Crippen molar-refractivity contribution in [3.63, 3.8) is 0 Å². The first kappa shape index (κ1) is 15.1. The fourth-order valence-electron chi connectivity index (χ4n) is 1.90. The number of thioether (sulfide) groups is 1. The molecule has 102 valence electrons. The zero-order chi connectivity index (χ0) is 13.5. The molecule has 0 aromatic carbocycles. The molecule has 1 aromatic heterocycles. The lowest BCUT2D eigenvalue weighted by molar-refractivity contribution is 0.663. The third-order valence-corrected chi connectivity index (χ3v) is 3.71. The molecule has 0 spiro atoms. The van der Waals surface area contributed by atoms with Gasteiger partial charge in [0, 0.05) is 37.1 Å². The maximum Gasteiger partial charge on any atom is 0.224 e. The van der Waals surface area contributed by atoms with E-state index in [-0.39, 0.29) is 0 Å². The Morgan fingerprint density at radius 2 is 2.17 bits per heavy atom. The fourth-order valence-corrected chi connectivity index (χ4v) is 2.75. The summed E-state index contributed by atoms with van der Waals surface area (Å²) in [7, 11) is 2.12. The molecule has 5 heteroatoms. The van der Waals surface area contributed by atoms with Gasteiger partial charge >= 0.3 is 0 Å². The van der Waals surface area contributed by atoms with Crippen LogP contribution in [0.2, 0.25) is 0 Å². The van der Waals surface area contributed by atoms with Crippen LogP contribution in [0.15, 0.2) is 6.20 Å². The second-order valence-corrected chi connectivity index (χ2v) is 5.27. The topological polar surface area (TPSA) is 41.1 Å². The van der Waals surface area contributed by atoms with Gasteiger partial charge in [-0.25, -0.2) is 4.98 Å². The van der Waals surface area contributed by atoms with E-state index in [4.69, 9.17) is 0 Å². The Bertz CT molecular complexity index is 370. The summed E-state index contributed by atoms with van der Waals surface area (Å²) in [5.41, 5.74) is 1.12. The third kappa shape index (κ3) is 3.77. The Balaban J connectivity index is 2.94. The van der Waals surface area contributed by atoms with Gasteiger partial charge in [-0.1, -0.05) is 6.92 Å². The van der Waals surface area contributed by atoms with E-state index in [2.05, 4.69) is 54.3 Å². The summed E-state index contributed by atoms with van der Waals surface area (Å²) in [6.45, 7) is 7.18. The molecular formula is C13H24N4S. The van der Waals surface area contributed by atoms with Crippen LogP contribution in [0.1, 0.15) is 25.8 Å². The maximum atomic E-state index is 4.61. The summed E-state index contributed by atoms with van der Waals surface area (Å²) >= 11 is 1.88. The van der Waals surface area contributed by atoms with E-state index in [1.54, 1.807) is 0 Å². The van der Waals surface area contributed by atoms with Crippen molar-refractivity contribution in [2.75, 3.05) is 35.8 Å². The number of anilines is 2. The van der Waals surface area contributed by atoms with Crippen LogP contribution in [0.4, 0.5) is 11.8 Å². The number of hydrogen-bond acceptors (Lipinski definition) is 5. The maximum absolute atomic E-state index is 4.61. The molecule has 1 N–H and O–H groups in total. The van der Waals surface area contributed by atoms with Gasteiger partial charge in [-0.3, -0.25) is 0 Å². The van der Waals surface area contributed by atoms with E-state index < -0.39 is 0 Å². The Morgan fingerprint density at radius 3 is 2.72 bits per heavy atom. The first-order chi connectivity index (χ1) is 8.63. The average Bonchev–Trinajstić information content (AvgIpc) is 2.37. The Morgan fingerprint density at radius 1 is 1.44 bits per heavy atom. The van der Waals surface area contributed by atoms with Gasteiger partial charge in [0.25, 0.3) is 0 Å². The van der Waals surface area contributed by atoms with Crippen molar-refractivity contribution >= 4 is 23.5 Å². The molecule has 0 bridgehead atoms. The zero-order valence-corrected chi connectivity index (χ0v) is 12.8. The van der Waals surface area contributed by atoms with E-state index in [0.717, 1.165) is 30.1 Å². The lowest BCUT2D eigenvalue weighted by Gasteiger charge is -2.29. The van der Waals surface area contributed by atoms with Gasteiger partial charge in [0.15, 0.2) is 0 Å². The van der Waals surface area contributed by atoms with Crippen molar-refractivity contribution in [2.24, 2.45) is 0 Å². The van der Waals surface area contributed by atoms with Crippen molar-refractivity contribution < 1.29 is 0 Å². The van der Waals surface area contributed by atoms with Crippen LogP contribution < -0.4 is 10.2 Å². The van der Waals surface area contributed by atoms with Crippen LogP contribution in [0, 0.1) is 6.92 Å². The van der Waals surface area contributed by atoms with Crippen LogP contribution >= 0.6 is 11.8 Å². The molecule has 1 atom stereocenters. The summed E-state index contributed by atoms with van der Waals surface area (Å²) in [6.07, 6.45) is 5.16.